The Kier molecular flexibility index (Phi) is 67.4. The lowest BCUT2D eigenvalue weighted by Gasteiger charge is -2.36. The van der Waals surface area contributed by atoms with E-state index in [4.69, 9.17) is 0 Å². The van der Waals surface area contributed by atoms with Crippen molar-refractivity contribution >= 4 is 17.1 Å². The third-order valence-corrected chi connectivity index (χ3v) is 9.38. The highest BCUT2D eigenvalue weighted by molar-refractivity contribution is 5.74. The number of anilines is 1. The highest BCUT2D eigenvalue weighted by Gasteiger charge is 2.27. The van der Waals surface area contributed by atoms with E-state index in [1.807, 2.05) is 96.9 Å². The molecule has 0 fully saturated rings. The van der Waals surface area contributed by atoms with Gasteiger partial charge in [-0.05, 0) is 92.5 Å². The van der Waals surface area contributed by atoms with Crippen molar-refractivity contribution in [2.24, 2.45) is 11.8 Å². The zero-order valence-electron chi connectivity index (χ0n) is 48.1. The molecule has 1 rings (SSSR count). The van der Waals surface area contributed by atoms with E-state index in [0.29, 0.717) is 19.0 Å². The number of unbranched alkanes of at least 4 members (excludes halogenated alkanes) is 3. The van der Waals surface area contributed by atoms with E-state index < -0.39 is 0 Å². The molecular formula is C58H121N5. The van der Waals surface area contributed by atoms with Gasteiger partial charge in [-0.15, -0.1) is 0 Å². The molecule has 378 valence electrons. The van der Waals surface area contributed by atoms with Gasteiger partial charge in [-0.1, -0.05) is 225 Å². The molecule has 0 aromatic heterocycles. The SMILES string of the molecule is C=C(CCCCCC)Nc1cc(C(=C)NCC(=C)NC(CC)(CC)CC)cc(C(=C)NCC(=C)NC(CC)(CC)CC(C)C)c1.CC.CC.CC.CC.CC.CC.CC.CC(C)C. The Labute approximate surface area is 401 Å². The maximum absolute atomic E-state index is 4.41. The lowest BCUT2D eigenvalue weighted by Crippen LogP contribution is -2.46. The fourth-order valence-corrected chi connectivity index (χ4v) is 6.11. The molecule has 63 heavy (non-hydrogen) atoms. The Hall–Kier alpha value is -3.08. The summed E-state index contributed by atoms with van der Waals surface area (Å²) in [6, 6.07) is 6.41. The van der Waals surface area contributed by atoms with Crippen molar-refractivity contribution in [3.8, 4) is 0 Å². The van der Waals surface area contributed by atoms with E-state index in [9.17, 15) is 0 Å². The zero-order valence-corrected chi connectivity index (χ0v) is 48.1. The van der Waals surface area contributed by atoms with Crippen LogP contribution in [-0.2, 0) is 0 Å². The Balaban J connectivity index is -0.000000244. The minimum atomic E-state index is 0.0656. The largest absolute Gasteiger partial charge is 0.382 e. The molecule has 0 aliphatic heterocycles. The summed E-state index contributed by atoms with van der Waals surface area (Å²) >= 11 is 0. The molecule has 1 aromatic carbocycles. The Morgan fingerprint density at radius 3 is 1.11 bits per heavy atom. The number of rotatable bonds is 26. The van der Waals surface area contributed by atoms with E-state index in [1.165, 1.54) is 19.3 Å². The minimum absolute atomic E-state index is 0.0656. The second-order valence-electron chi connectivity index (χ2n) is 15.1. The fourth-order valence-electron chi connectivity index (χ4n) is 6.11. The second-order valence-corrected chi connectivity index (χ2v) is 15.1. The molecular weight excluding hydrogens is 767 g/mol. The number of hydrogen-bond acceptors (Lipinski definition) is 5. The summed E-state index contributed by atoms with van der Waals surface area (Å²) in [6.45, 7) is 75.5. The molecule has 0 atom stereocenters. The van der Waals surface area contributed by atoms with Crippen LogP contribution in [0.3, 0.4) is 0 Å². The second kappa shape index (κ2) is 55.1. The summed E-state index contributed by atoms with van der Waals surface area (Å²) < 4.78 is 0. The lowest BCUT2D eigenvalue weighted by atomic mass is 9.84. The first-order chi connectivity index (χ1) is 30.0. The smallest absolute Gasteiger partial charge is 0.0542 e. The van der Waals surface area contributed by atoms with Crippen molar-refractivity contribution < 1.29 is 0 Å². The van der Waals surface area contributed by atoms with E-state index in [1.54, 1.807) is 0 Å². The first-order valence-corrected chi connectivity index (χ1v) is 26.4. The summed E-state index contributed by atoms with van der Waals surface area (Å²) in [4.78, 5) is 0. The van der Waals surface area contributed by atoms with E-state index in [0.717, 1.165) is 103 Å². The standard InChI is InChI=1S/C40H69N5.C4H10.7C2H6/c1-14-20-21-22-23-31(9)43-38-25-36(34(12)41-28-32(10)44-39(15-2,16-3)17-4)24-37(26-38)35(13)42-29-33(11)45-40(18-5,19-6)27-30(7)8;1-4(2)3;7*1-2/h24-26,30,41-45H,9-23,27-29H2,1-8H3;4H,1-3H3;7*1-2H3. The maximum Gasteiger partial charge on any atom is 0.0542 e. The minimum Gasteiger partial charge on any atom is -0.382 e. The van der Waals surface area contributed by atoms with Crippen LogP contribution in [0.4, 0.5) is 5.69 Å². The van der Waals surface area contributed by atoms with Crippen LogP contribution in [0.5, 0.6) is 0 Å². The van der Waals surface area contributed by atoms with Crippen LogP contribution < -0.4 is 26.6 Å². The molecule has 0 radical (unpaired) electrons. The highest BCUT2D eigenvalue weighted by Crippen LogP contribution is 2.27. The normalized spacial score (nSPS) is 9.51. The molecule has 0 amide bonds. The van der Waals surface area contributed by atoms with Crippen molar-refractivity contribution in [3.63, 3.8) is 0 Å². The van der Waals surface area contributed by atoms with Crippen LogP contribution in [-0.4, -0.2) is 24.2 Å². The zero-order chi connectivity index (χ0) is 51.6. The highest BCUT2D eigenvalue weighted by atomic mass is 15.0. The van der Waals surface area contributed by atoms with Crippen LogP contribution in [0.1, 0.15) is 255 Å². The molecule has 5 N–H and O–H groups in total. The van der Waals surface area contributed by atoms with Gasteiger partial charge >= 0.3 is 0 Å². The van der Waals surface area contributed by atoms with Crippen molar-refractivity contribution in [1.82, 2.24) is 21.3 Å². The van der Waals surface area contributed by atoms with Gasteiger partial charge in [0.2, 0.25) is 0 Å². The van der Waals surface area contributed by atoms with Crippen LogP contribution in [0.25, 0.3) is 11.4 Å². The molecule has 0 unspecified atom stereocenters. The monoisotopic (exact) mass is 888 g/mol. The summed E-state index contributed by atoms with van der Waals surface area (Å²) in [5.74, 6) is 1.45. The summed E-state index contributed by atoms with van der Waals surface area (Å²) in [7, 11) is 0. The average molecular weight is 889 g/mol. The predicted molar refractivity (Wildman–Crippen MR) is 303 cm³/mol. The maximum atomic E-state index is 4.41. The van der Waals surface area contributed by atoms with Gasteiger partial charge in [0.15, 0.2) is 0 Å². The molecule has 0 saturated carbocycles. The van der Waals surface area contributed by atoms with Gasteiger partial charge in [0, 0.05) is 45.3 Å². The Bertz CT molecular complexity index is 1140. The third-order valence-electron chi connectivity index (χ3n) is 9.38. The number of benzene rings is 1. The number of nitrogens with one attached hydrogen (secondary N) is 5. The molecule has 5 nitrogen and oxygen atoms in total. The first kappa shape index (κ1) is 77.2. The van der Waals surface area contributed by atoms with Crippen LogP contribution in [0.2, 0.25) is 0 Å². The van der Waals surface area contributed by atoms with Gasteiger partial charge in [-0.2, -0.15) is 0 Å². The van der Waals surface area contributed by atoms with Crippen molar-refractivity contribution in [3.05, 3.63) is 79.3 Å². The number of allylic oxidation sites excluding steroid dienone is 1. The van der Waals surface area contributed by atoms with E-state index >= 15 is 0 Å². The van der Waals surface area contributed by atoms with Gasteiger partial charge in [0.25, 0.3) is 0 Å². The molecule has 1 aromatic rings. The van der Waals surface area contributed by atoms with Gasteiger partial charge in [0.05, 0.1) is 13.1 Å². The summed E-state index contributed by atoms with van der Waals surface area (Å²) in [5, 5.41) is 18.1. The Morgan fingerprint density at radius 1 is 0.476 bits per heavy atom. The first-order valence-electron chi connectivity index (χ1n) is 26.4. The summed E-state index contributed by atoms with van der Waals surface area (Å²) in [6.07, 6.45) is 12.2. The van der Waals surface area contributed by atoms with E-state index in [2.05, 4.69) is 154 Å². The third kappa shape index (κ3) is 42.6. The molecule has 0 spiro atoms. The van der Waals surface area contributed by atoms with Crippen LogP contribution >= 0.6 is 0 Å². The van der Waals surface area contributed by atoms with Gasteiger partial charge in [-0.25, -0.2) is 0 Å². The lowest BCUT2D eigenvalue weighted by molar-refractivity contribution is 0.267. The molecule has 0 aliphatic rings. The quantitative estimate of drug-likeness (QED) is 0.0600. The topological polar surface area (TPSA) is 60.1 Å². The van der Waals surface area contributed by atoms with Crippen LogP contribution in [0.15, 0.2) is 68.2 Å². The van der Waals surface area contributed by atoms with Gasteiger partial charge < -0.3 is 26.6 Å². The summed E-state index contributed by atoms with van der Waals surface area (Å²) in [5.41, 5.74) is 7.80. The fraction of sp³-hybridized carbons (Fsp3) is 0.724. The van der Waals surface area contributed by atoms with Crippen molar-refractivity contribution in [2.75, 3.05) is 18.4 Å². The van der Waals surface area contributed by atoms with E-state index in [-0.39, 0.29) is 11.1 Å². The van der Waals surface area contributed by atoms with Gasteiger partial charge in [-0.3, -0.25) is 0 Å². The molecule has 0 bridgehead atoms. The molecule has 0 aliphatic carbocycles. The molecule has 5 heteroatoms. The van der Waals surface area contributed by atoms with Crippen LogP contribution in [0, 0.1) is 11.8 Å². The van der Waals surface area contributed by atoms with Gasteiger partial charge in [0.1, 0.15) is 0 Å². The molecule has 0 saturated heterocycles. The van der Waals surface area contributed by atoms with Crippen molar-refractivity contribution in [1.29, 1.82) is 0 Å². The van der Waals surface area contributed by atoms with Crippen molar-refractivity contribution in [2.45, 2.75) is 255 Å². The Morgan fingerprint density at radius 2 is 0.810 bits per heavy atom. The number of hydrogen-bond donors (Lipinski definition) is 5. The molecule has 0 heterocycles. The predicted octanol–water partition coefficient (Wildman–Crippen LogP) is 19.3. The average Bonchev–Trinajstić information content (AvgIpc) is 3.31.